The zero-order valence-corrected chi connectivity index (χ0v) is 12.1. The number of anilines is 1. The Balaban J connectivity index is 1.86. The fraction of sp³-hybridized carbons (Fsp3) is 0.583. The molecule has 0 aromatic carbocycles. The van der Waals surface area contributed by atoms with Gasteiger partial charge in [0, 0.05) is 13.1 Å². The Bertz CT molecular complexity index is 571. The van der Waals surface area contributed by atoms with E-state index in [1.807, 2.05) is 6.92 Å². The highest BCUT2D eigenvalue weighted by Crippen LogP contribution is 2.17. The van der Waals surface area contributed by atoms with Crippen molar-refractivity contribution in [2.45, 2.75) is 13.3 Å². The van der Waals surface area contributed by atoms with Crippen LogP contribution in [0, 0.1) is 5.92 Å². The first-order valence-corrected chi connectivity index (χ1v) is 8.38. The first kappa shape index (κ1) is 14.7. The highest BCUT2D eigenvalue weighted by molar-refractivity contribution is 7.91. The van der Waals surface area contributed by atoms with Crippen LogP contribution in [0.15, 0.2) is 12.1 Å². The van der Waals surface area contributed by atoms with Crippen LogP contribution in [0.3, 0.4) is 0 Å². The summed E-state index contributed by atoms with van der Waals surface area (Å²) < 4.78 is 22.6. The van der Waals surface area contributed by atoms with Gasteiger partial charge in [0.2, 0.25) is 0 Å². The normalized spacial score (nSPS) is 20.6. The van der Waals surface area contributed by atoms with E-state index in [-0.39, 0.29) is 29.0 Å². The van der Waals surface area contributed by atoms with E-state index in [1.54, 1.807) is 12.1 Å². The topological polar surface area (TPSA) is 101 Å². The summed E-state index contributed by atoms with van der Waals surface area (Å²) in [7, 11) is -2.91. The second kappa shape index (κ2) is 6.17. The number of nitrogens with zero attached hydrogens (tertiary/aromatic N) is 2. The van der Waals surface area contributed by atoms with E-state index in [2.05, 4.69) is 20.8 Å². The molecule has 0 bridgehead atoms. The van der Waals surface area contributed by atoms with Gasteiger partial charge in [-0.2, -0.15) is 0 Å². The second-order valence-electron chi connectivity index (χ2n) is 4.81. The van der Waals surface area contributed by atoms with Crippen molar-refractivity contribution in [1.29, 1.82) is 0 Å². The third-order valence-corrected chi connectivity index (χ3v) is 4.97. The van der Waals surface area contributed by atoms with E-state index in [0.717, 1.165) is 6.54 Å². The number of sulfone groups is 1. The second-order valence-corrected chi connectivity index (χ2v) is 7.04. The number of amides is 1. The van der Waals surface area contributed by atoms with Crippen molar-refractivity contribution in [3.63, 3.8) is 0 Å². The molecule has 7 nitrogen and oxygen atoms in total. The van der Waals surface area contributed by atoms with Crippen molar-refractivity contribution in [2.75, 3.05) is 29.9 Å². The van der Waals surface area contributed by atoms with E-state index in [1.165, 1.54) is 0 Å². The summed E-state index contributed by atoms with van der Waals surface area (Å²) in [5.74, 6) is 0.650. The largest absolute Gasteiger partial charge is 0.369 e. The molecule has 2 N–H and O–H groups in total. The lowest BCUT2D eigenvalue weighted by Gasteiger charge is -2.09. The van der Waals surface area contributed by atoms with E-state index >= 15 is 0 Å². The third kappa shape index (κ3) is 3.89. The van der Waals surface area contributed by atoms with Crippen molar-refractivity contribution in [2.24, 2.45) is 5.92 Å². The van der Waals surface area contributed by atoms with Crippen LogP contribution in [0.5, 0.6) is 0 Å². The van der Waals surface area contributed by atoms with Gasteiger partial charge in [-0.1, -0.05) is 0 Å². The maximum atomic E-state index is 11.8. The summed E-state index contributed by atoms with van der Waals surface area (Å²) >= 11 is 0. The Hall–Kier alpha value is -1.70. The van der Waals surface area contributed by atoms with Crippen molar-refractivity contribution < 1.29 is 13.2 Å². The van der Waals surface area contributed by atoms with Gasteiger partial charge < -0.3 is 10.6 Å². The van der Waals surface area contributed by atoms with Gasteiger partial charge in [-0.3, -0.25) is 4.79 Å². The number of rotatable bonds is 5. The Morgan fingerprint density at radius 2 is 2.20 bits per heavy atom. The molecule has 1 saturated heterocycles. The first-order chi connectivity index (χ1) is 9.50. The van der Waals surface area contributed by atoms with Gasteiger partial charge in [0.05, 0.1) is 11.5 Å². The molecule has 0 aliphatic carbocycles. The molecular weight excluding hydrogens is 280 g/mol. The number of aromatic nitrogens is 2. The van der Waals surface area contributed by atoms with Crippen molar-refractivity contribution in [3.8, 4) is 0 Å². The lowest BCUT2D eigenvalue weighted by molar-refractivity contribution is 0.0942. The molecule has 0 radical (unpaired) electrons. The predicted molar refractivity (Wildman–Crippen MR) is 75.3 cm³/mol. The molecule has 8 heteroatoms. The smallest absolute Gasteiger partial charge is 0.271 e. The van der Waals surface area contributed by atoms with E-state index < -0.39 is 9.84 Å². The summed E-state index contributed by atoms with van der Waals surface area (Å²) in [6.07, 6.45) is 0.605. The molecule has 0 saturated carbocycles. The highest BCUT2D eigenvalue weighted by atomic mass is 32.2. The van der Waals surface area contributed by atoms with Gasteiger partial charge in [0.25, 0.3) is 5.91 Å². The fourth-order valence-corrected chi connectivity index (χ4v) is 3.95. The molecule has 20 heavy (non-hydrogen) atoms. The molecule has 110 valence electrons. The van der Waals surface area contributed by atoms with E-state index in [9.17, 15) is 13.2 Å². The summed E-state index contributed by atoms with van der Waals surface area (Å²) in [5.41, 5.74) is 0.229. The molecule has 0 spiro atoms. The van der Waals surface area contributed by atoms with Crippen molar-refractivity contribution in [1.82, 2.24) is 15.5 Å². The minimum Gasteiger partial charge on any atom is -0.369 e. The number of hydrogen-bond donors (Lipinski definition) is 2. The summed E-state index contributed by atoms with van der Waals surface area (Å²) in [6.45, 7) is 3.03. The molecule has 1 unspecified atom stereocenters. The van der Waals surface area contributed by atoms with Gasteiger partial charge in [0.15, 0.2) is 15.5 Å². The van der Waals surface area contributed by atoms with Crippen molar-refractivity contribution >= 4 is 21.6 Å². The monoisotopic (exact) mass is 298 g/mol. The van der Waals surface area contributed by atoms with Gasteiger partial charge >= 0.3 is 0 Å². The van der Waals surface area contributed by atoms with Crippen molar-refractivity contribution in [3.05, 3.63) is 17.8 Å². The third-order valence-electron chi connectivity index (χ3n) is 3.13. The Labute approximate surface area is 118 Å². The lowest BCUT2D eigenvalue weighted by Crippen LogP contribution is -2.30. The van der Waals surface area contributed by atoms with Crippen LogP contribution in [0.1, 0.15) is 23.8 Å². The molecule has 1 fully saturated rings. The predicted octanol–water partition coefficient (Wildman–Crippen LogP) is 0.0729. The Kier molecular flexibility index (Phi) is 4.53. The molecule has 2 rings (SSSR count). The summed E-state index contributed by atoms with van der Waals surface area (Å²) in [4.78, 5) is 11.8. The van der Waals surface area contributed by atoms with Gasteiger partial charge in [-0.15, -0.1) is 10.2 Å². The van der Waals surface area contributed by atoms with Crippen LogP contribution in [-0.2, 0) is 9.84 Å². The van der Waals surface area contributed by atoms with Gasteiger partial charge in [-0.25, -0.2) is 8.42 Å². The average Bonchev–Trinajstić information content (AvgIpc) is 2.77. The molecule has 2 heterocycles. The fourth-order valence-electron chi connectivity index (χ4n) is 2.09. The Morgan fingerprint density at radius 3 is 2.75 bits per heavy atom. The standard InChI is InChI=1S/C12H18N4O3S/c1-2-13-11-4-3-10(15-16-11)12(17)14-7-9-5-6-20(18,19)8-9/h3-4,9H,2,5-8H2,1H3,(H,13,16)(H,14,17). The number of hydrogen-bond acceptors (Lipinski definition) is 6. The molecule has 1 aromatic rings. The molecule has 1 aliphatic heterocycles. The summed E-state index contributed by atoms with van der Waals surface area (Å²) in [6, 6.07) is 3.27. The van der Waals surface area contributed by atoms with Gasteiger partial charge in [0.1, 0.15) is 5.82 Å². The lowest BCUT2D eigenvalue weighted by atomic mass is 10.1. The average molecular weight is 298 g/mol. The van der Waals surface area contributed by atoms with Crippen LogP contribution in [0.25, 0.3) is 0 Å². The van der Waals surface area contributed by atoms with Crippen LogP contribution in [0.4, 0.5) is 5.82 Å². The molecular formula is C12H18N4O3S. The number of nitrogens with one attached hydrogen (secondary N) is 2. The quantitative estimate of drug-likeness (QED) is 0.798. The first-order valence-electron chi connectivity index (χ1n) is 6.56. The molecule has 1 amide bonds. The molecule has 1 aromatic heterocycles. The van der Waals surface area contributed by atoms with Gasteiger partial charge in [-0.05, 0) is 31.4 Å². The molecule has 1 atom stereocenters. The van der Waals surface area contributed by atoms with Crippen LogP contribution >= 0.6 is 0 Å². The van der Waals surface area contributed by atoms with Crippen LogP contribution in [0.2, 0.25) is 0 Å². The zero-order valence-electron chi connectivity index (χ0n) is 11.3. The number of carbonyl (C=O) groups is 1. The maximum Gasteiger partial charge on any atom is 0.271 e. The molecule has 1 aliphatic rings. The Morgan fingerprint density at radius 1 is 1.40 bits per heavy atom. The van der Waals surface area contributed by atoms with Crippen LogP contribution < -0.4 is 10.6 Å². The van der Waals surface area contributed by atoms with E-state index in [4.69, 9.17) is 0 Å². The highest BCUT2D eigenvalue weighted by Gasteiger charge is 2.28. The minimum absolute atomic E-state index is 0.00191. The maximum absolute atomic E-state index is 11.8. The van der Waals surface area contributed by atoms with Crippen LogP contribution in [-0.4, -0.2) is 49.1 Å². The number of carbonyl (C=O) groups excluding carboxylic acids is 1. The zero-order chi connectivity index (χ0) is 14.6. The van der Waals surface area contributed by atoms with E-state index in [0.29, 0.717) is 18.8 Å². The summed E-state index contributed by atoms with van der Waals surface area (Å²) in [5, 5.41) is 13.4. The SMILES string of the molecule is CCNc1ccc(C(=O)NCC2CCS(=O)(=O)C2)nn1. The minimum atomic E-state index is -2.91.